The van der Waals surface area contributed by atoms with Crippen LogP contribution in [-0.2, 0) is 9.59 Å². The Bertz CT molecular complexity index is 1170. The highest BCUT2D eigenvalue weighted by atomic mass is 16.5. The van der Waals surface area contributed by atoms with E-state index in [0.29, 0.717) is 30.9 Å². The van der Waals surface area contributed by atoms with Crippen LogP contribution in [0.1, 0.15) is 65.6 Å². The molecule has 0 aliphatic carbocycles. The minimum atomic E-state index is -0.414. The van der Waals surface area contributed by atoms with E-state index in [1.165, 1.54) is 0 Å². The zero-order chi connectivity index (χ0) is 25.5. The summed E-state index contributed by atoms with van der Waals surface area (Å²) in [7, 11) is 1.64. The van der Waals surface area contributed by atoms with Crippen molar-refractivity contribution in [3.8, 4) is 5.75 Å². The molecule has 35 heavy (non-hydrogen) atoms. The van der Waals surface area contributed by atoms with E-state index >= 15 is 0 Å². The lowest BCUT2D eigenvalue weighted by Crippen LogP contribution is -2.44. The number of carbonyl (C=O) groups excluding carboxylic acids is 2. The van der Waals surface area contributed by atoms with E-state index in [4.69, 9.17) is 9.72 Å². The van der Waals surface area contributed by atoms with Gasteiger partial charge in [0.05, 0.1) is 24.2 Å². The van der Waals surface area contributed by atoms with E-state index in [2.05, 4.69) is 20.8 Å². The number of ketones is 1. The number of benzene rings is 1. The van der Waals surface area contributed by atoms with Crippen LogP contribution < -0.4 is 15.4 Å². The molecule has 0 spiro atoms. The Kier molecular flexibility index (Phi) is 9.01. The van der Waals surface area contributed by atoms with Crippen molar-refractivity contribution in [2.24, 2.45) is 11.8 Å². The van der Waals surface area contributed by atoms with Crippen molar-refractivity contribution in [3.63, 3.8) is 0 Å². The van der Waals surface area contributed by atoms with Crippen LogP contribution in [0.3, 0.4) is 0 Å². The number of anilines is 1. The van der Waals surface area contributed by atoms with Gasteiger partial charge in [0.1, 0.15) is 11.6 Å². The number of rotatable bonds is 13. The fourth-order valence-electron chi connectivity index (χ4n) is 4.19. The van der Waals surface area contributed by atoms with E-state index in [9.17, 15) is 9.59 Å². The summed E-state index contributed by atoms with van der Waals surface area (Å²) >= 11 is 0. The molecule has 2 N–H and O–H groups in total. The lowest BCUT2D eigenvalue weighted by Gasteiger charge is -2.21. The van der Waals surface area contributed by atoms with Crippen LogP contribution in [0.15, 0.2) is 18.2 Å². The quantitative estimate of drug-likeness (QED) is 0.349. The molecule has 9 heteroatoms. The summed E-state index contributed by atoms with van der Waals surface area (Å²) in [6.07, 6.45) is 3.47. The van der Waals surface area contributed by atoms with Crippen LogP contribution >= 0.6 is 0 Å². The fraction of sp³-hybridized carbons (Fsp3) is 0.577. The average Bonchev–Trinajstić information content (AvgIpc) is 3.20. The van der Waals surface area contributed by atoms with E-state index < -0.39 is 6.04 Å². The van der Waals surface area contributed by atoms with Gasteiger partial charge in [-0.25, -0.2) is 4.98 Å². The lowest BCUT2D eigenvalue weighted by atomic mass is 9.95. The molecule has 0 saturated carbocycles. The number of amides is 1. The standard InChI is InChI=1S/C26H38N6O3/c1-16(2)14-23(34)29-24(17(3)4)22(33)10-8-7-9-13-27-25-26-31-30-18(5)32(26)21-12-11-19(35-6)15-20(21)28-25/h11-12,15-17,24H,7-10,13-14H2,1-6H3,(H,27,28)(H,29,34)/t24-/m0/s1. The molecule has 3 aromatic rings. The summed E-state index contributed by atoms with van der Waals surface area (Å²) < 4.78 is 7.34. The van der Waals surface area contributed by atoms with Crippen molar-refractivity contribution >= 4 is 34.2 Å². The monoisotopic (exact) mass is 482 g/mol. The molecule has 0 aliphatic heterocycles. The number of aromatic nitrogens is 4. The third-order valence-electron chi connectivity index (χ3n) is 6.01. The lowest BCUT2D eigenvalue weighted by molar-refractivity contribution is -0.129. The Balaban J connectivity index is 1.54. The first kappa shape index (κ1) is 26.4. The molecule has 190 valence electrons. The molecule has 9 nitrogen and oxygen atoms in total. The predicted molar refractivity (Wildman–Crippen MR) is 138 cm³/mol. The summed E-state index contributed by atoms with van der Waals surface area (Å²) in [5, 5.41) is 14.8. The molecule has 1 atom stereocenters. The van der Waals surface area contributed by atoms with Crippen LogP contribution in [0.25, 0.3) is 16.7 Å². The molecule has 1 amide bonds. The SMILES string of the molecule is COc1ccc2c(c1)nc(NCCCCCC(=O)[C@@H](NC(=O)CC(C)C)C(C)C)c1nnc(C)n12. The van der Waals surface area contributed by atoms with Gasteiger partial charge in [0.15, 0.2) is 11.6 Å². The van der Waals surface area contributed by atoms with Crippen LogP contribution in [0.2, 0.25) is 0 Å². The number of ether oxygens (including phenoxy) is 1. The third-order valence-corrected chi connectivity index (χ3v) is 6.01. The number of nitrogens with one attached hydrogen (secondary N) is 2. The Morgan fingerprint density at radius 2 is 1.86 bits per heavy atom. The van der Waals surface area contributed by atoms with E-state index in [0.717, 1.165) is 41.9 Å². The molecule has 2 aromatic heterocycles. The van der Waals surface area contributed by atoms with Crippen LogP contribution in [0.5, 0.6) is 5.75 Å². The van der Waals surface area contributed by atoms with Crippen LogP contribution in [-0.4, -0.2) is 51.0 Å². The van der Waals surface area contributed by atoms with Crippen molar-refractivity contribution in [1.29, 1.82) is 0 Å². The molecule has 0 unspecified atom stereocenters. The van der Waals surface area contributed by atoms with Gasteiger partial charge in [-0.2, -0.15) is 0 Å². The molecule has 0 fully saturated rings. The number of hydrogen-bond donors (Lipinski definition) is 2. The second-order valence-corrected chi connectivity index (χ2v) is 9.81. The molecule has 0 aliphatic rings. The number of methoxy groups -OCH3 is 1. The topological polar surface area (TPSA) is 111 Å². The first-order valence-electron chi connectivity index (χ1n) is 12.5. The van der Waals surface area contributed by atoms with Gasteiger partial charge in [-0.3, -0.25) is 14.0 Å². The summed E-state index contributed by atoms with van der Waals surface area (Å²) in [6, 6.07) is 5.34. The zero-order valence-corrected chi connectivity index (χ0v) is 21.7. The molecule has 0 saturated heterocycles. The van der Waals surface area contributed by atoms with Gasteiger partial charge >= 0.3 is 0 Å². The Hall–Kier alpha value is -3.23. The van der Waals surface area contributed by atoms with Gasteiger partial charge in [-0.05, 0) is 43.7 Å². The number of hydrogen-bond acceptors (Lipinski definition) is 7. The van der Waals surface area contributed by atoms with Gasteiger partial charge in [0, 0.05) is 25.5 Å². The Labute approximate surface area is 207 Å². The number of fused-ring (bicyclic) bond motifs is 3. The second kappa shape index (κ2) is 12.0. The number of aryl methyl sites for hydroxylation is 1. The van der Waals surface area contributed by atoms with Crippen molar-refractivity contribution in [2.75, 3.05) is 19.0 Å². The Morgan fingerprint density at radius 1 is 1.09 bits per heavy atom. The normalized spacial score (nSPS) is 12.5. The zero-order valence-electron chi connectivity index (χ0n) is 21.7. The third kappa shape index (κ3) is 6.68. The fourth-order valence-corrected chi connectivity index (χ4v) is 4.19. The molecule has 0 radical (unpaired) electrons. The maximum Gasteiger partial charge on any atom is 0.220 e. The van der Waals surface area contributed by atoms with Gasteiger partial charge < -0.3 is 15.4 Å². The maximum atomic E-state index is 12.7. The predicted octanol–water partition coefficient (Wildman–Crippen LogP) is 4.32. The summed E-state index contributed by atoms with van der Waals surface area (Å²) in [6.45, 7) is 10.6. The smallest absolute Gasteiger partial charge is 0.220 e. The largest absolute Gasteiger partial charge is 0.497 e. The molecule has 3 rings (SSSR count). The first-order chi connectivity index (χ1) is 16.7. The number of carbonyl (C=O) groups is 2. The molecule has 1 aromatic carbocycles. The molecular weight excluding hydrogens is 444 g/mol. The molecule has 0 bridgehead atoms. The van der Waals surface area contributed by atoms with E-state index in [1.54, 1.807) is 7.11 Å². The van der Waals surface area contributed by atoms with Crippen molar-refractivity contribution in [1.82, 2.24) is 24.9 Å². The highest BCUT2D eigenvalue weighted by Crippen LogP contribution is 2.25. The van der Waals surface area contributed by atoms with Gasteiger partial charge in [0.2, 0.25) is 11.6 Å². The molecular formula is C26H38N6O3. The minimum Gasteiger partial charge on any atom is -0.497 e. The van der Waals surface area contributed by atoms with Crippen LogP contribution in [0.4, 0.5) is 5.82 Å². The Morgan fingerprint density at radius 3 is 2.54 bits per heavy atom. The number of nitrogens with zero attached hydrogens (tertiary/aromatic N) is 4. The average molecular weight is 483 g/mol. The van der Waals surface area contributed by atoms with Crippen molar-refractivity contribution in [2.45, 2.75) is 72.8 Å². The van der Waals surface area contributed by atoms with E-state index in [1.807, 2.05) is 57.2 Å². The van der Waals surface area contributed by atoms with E-state index in [-0.39, 0.29) is 23.5 Å². The molecule has 2 heterocycles. The van der Waals surface area contributed by atoms with Gasteiger partial charge in [0.25, 0.3) is 0 Å². The summed E-state index contributed by atoms with van der Waals surface area (Å²) in [4.78, 5) is 29.6. The summed E-state index contributed by atoms with van der Waals surface area (Å²) in [5.74, 6) is 2.61. The first-order valence-corrected chi connectivity index (χ1v) is 12.5. The second-order valence-electron chi connectivity index (χ2n) is 9.81. The highest BCUT2D eigenvalue weighted by molar-refractivity contribution is 5.89. The van der Waals surface area contributed by atoms with Gasteiger partial charge in [-0.1, -0.05) is 34.1 Å². The van der Waals surface area contributed by atoms with Crippen molar-refractivity contribution in [3.05, 3.63) is 24.0 Å². The minimum absolute atomic E-state index is 0.0493. The maximum absolute atomic E-state index is 12.7. The number of Topliss-reactive ketones (excluding diaryl/α,β-unsaturated/α-hetero) is 1. The van der Waals surface area contributed by atoms with Crippen molar-refractivity contribution < 1.29 is 14.3 Å². The van der Waals surface area contributed by atoms with Crippen LogP contribution in [0, 0.1) is 18.8 Å². The highest BCUT2D eigenvalue weighted by Gasteiger charge is 2.23. The van der Waals surface area contributed by atoms with Gasteiger partial charge in [-0.15, -0.1) is 10.2 Å². The number of unbranched alkanes of at least 4 members (excludes halogenated alkanes) is 2. The summed E-state index contributed by atoms with van der Waals surface area (Å²) in [5.41, 5.74) is 2.41.